The lowest BCUT2D eigenvalue weighted by Crippen LogP contribution is -1.81. The van der Waals surface area contributed by atoms with Gasteiger partial charge in [0.25, 0.3) is 0 Å². The van der Waals surface area contributed by atoms with Gasteiger partial charge in [0.05, 0.1) is 5.56 Å². The minimum absolute atomic E-state index is 0.0396. The molecule has 0 saturated carbocycles. The van der Waals surface area contributed by atoms with Crippen LogP contribution in [0, 0.1) is 0 Å². The SMILES string of the molecule is CSc1ccc(O)c(C=O)c1. The van der Waals surface area contributed by atoms with Gasteiger partial charge in [0.2, 0.25) is 0 Å². The highest BCUT2D eigenvalue weighted by molar-refractivity contribution is 7.98. The molecule has 3 heteroatoms. The maximum Gasteiger partial charge on any atom is 0.153 e. The Morgan fingerprint density at radius 2 is 2.27 bits per heavy atom. The molecule has 0 aliphatic heterocycles. The lowest BCUT2D eigenvalue weighted by atomic mass is 10.2. The topological polar surface area (TPSA) is 37.3 Å². The maximum atomic E-state index is 10.3. The summed E-state index contributed by atoms with van der Waals surface area (Å²) >= 11 is 1.54. The first-order chi connectivity index (χ1) is 5.27. The molecule has 0 radical (unpaired) electrons. The van der Waals surface area contributed by atoms with Crippen LogP contribution in [0.1, 0.15) is 10.4 Å². The van der Waals surface area contributed by atoms with E-state index in [0.29, 0.717) is 11.8 Å². The van der Waals surface area contributed by atoms with Crippen LogP contribution >= 0.6 is 11.8 Å². The first-order valence-corrected chi connectivity index (χ1v) is 4.32. The van der Waals surface area contributed by atoms with E-state index in [1.807, 2.05) is 6.26 Å². The Kier molecular flexibility index (Phi) is 2.54. The summed E-state index contributed by atoms with van der Waals surface area (Å²) in [6.45, 7) is 0. The lowest BCUT2D eigenvalue weighted by molar-refractivity contribution is 0.112. The maximum absolute atomic E-state index is 10.3. The average molecular weight is 168 g/mol. The molecule has 58 valence electrons. The first kappa shape index (κ1) is 8.14. The third-order valence-corrected chi connectivity index (χ3v) is 2.09. The van der Waals surface area contributed by atoms with Gasteiger partial charge in [0.15, 0.2) is 6.29 Å². The van der Waals surface area contributed by atoms with Crippen molar-refractivity contribution < 1.29 is 9.90 Å². The Balaban J connectivity index is 3.12. The number of thioether (sulfide) groups is 1. The number of aromatic hydroxyl groups is 1. The van der Waals surface area contributed by atoms with Crippen molar-refractivity contribution in [1.82, 2.24) is 0 Å². The summed E-state index contributed by atoms with van der Waals surface area (Å²) < 4.78 is 0. The fourth-order valence-electron chi connectivity index (χ4n) is 0.754. The molecule has 11 heavy (non-hydrogen) atoms. The van der Waals surface area contributed by atoms with Crippen LogP contribution < -0.4 is 0 Å². The minimum Gasteiger partial charge on any atom is -0.507 e. The Labute approximate surface area is 69.2 Å². The van der Waals surface area contributed by atoms with Crippen LogP contribution in [0.5, 0.6) is 5.75 Å². The predicted octanol–water partition coefficient (Wildman–Crippen LogP) is 1.93. The van der Waals surface area contributed by atoms with Crippen LogP contribution in [0.2, 0.25) is 0 Å². The molecule has 2 nitrogen and oxygen atoms in total. The molecule has 0 heterocycles. The van der Waals surface area contributed by atoms with Gasteiger partial charge in [0, 0.05) is 4.90 Å². The summed E-state index contributed by atoms with van der Waals surface area (Å²) in [4.78, 5) is 11.3. The van der Waals surface area contributed by atoms with Gasteiger partial charge in [-0.15, -0.1) is 11.8 Å². The van der Waals surface area contributed by atoms with Crippen LogP contribution in [0.15, 0.2) is 23.1 Å². The molecule has 0 spiro atoms. The van der Waals surface area contributed by atoms with E-state index in [0.717, 1.165) is 4.90 Å². The molecule has 1 aromatic carbocycles. The smallest absolute Gasteiger partial charge is 0.153 e. The van der Waals surface area contributed by atoms with Crippen molar-refractivity contribution in [2.24, 2.45) is 0 Å². The second-order valence-corrected chi connectivity index (χ2v) is 2.92. The number of benzene rings is 1. The average Bonchev–Trinajstić information content (AvgIpc) is 2.05. The minimum atomic E-state index is 0.0396. The fourth-order valence-corrected chi connectivity index (χ4v) is 1.20. The molecule has 1 aromatic rings. The van der Waals surface area contributed by atoms with Crippen LogP contribution in [-0.2, 0) is 0 Å². The van der Waals surface area contributed by atoms with Crippen LogP contribution in [0.25, 0.3) is 0 Å². The number of hydrogen-bond acceptors (Lipinski definition) is 3. The Hall–Kier alpha value is -0.960. The third kappa shape index (κ3) is 1.74. The summed E-state index contributed by atoms with van der Waals surface area (Å²) in [6, 6.07) is 4.95. The number of carbonyl (C=O) groups is 1. The molecule has 0 fully saturated rings. The number of aldehydes is 1. The summed E-state index contributed by atoms with van der Waals surface area (Å²) in [5.41, 5.74) is 0.344. The van der Waals surface area contributed by atoms with Crippen molar-refractivity contribution in [3.63, 3.8) is 0 Å². The van der Waals surface area contributed by atoms with Crippen molar-refractivity contribution in [2.75, 3.05) is 6.26 Å². The monoisotopic (exact) mass is 168 g/mol. The number of carbonyl (C=O) groups excluding carboxylic acids is 1. The lowest BCUT2D eigenvalue weighted by Gasteiger charge is -1.98. The largest absolute Gasteiger partial charge is 0.507 e. The van der Waals surface area contributed by atoms with E-state index in [2.05, 4.69) is 0 Å². The highest BCUT2D eigenvalue weighted by Gasteiger charge is 1.99. The van der Waals surface area contributed by atoms with Gasteiger partial charge in [-0.3, -0.25) is 4.79 Å². The second-order valence-electron chi connectivity index (χ2n) is 2.04. The molecule has 1 rings (SSSR count). The van der Waals surface area contributed by atoms with Crippen LogP contribution in [0.3, 0.4) is 0 Å². The molecule has 0 aromatic heterocycles. The molecular weight excluding hydrogens is 160 g/mol. The highest BCUT2D eigenvalue weighted by atomic mass is 32.2. The van der Waals surface area contributed by atoms with Crippen molar-refractivity contribution in [3.8, 4) is 5.75 Å². The number of phenolic OH excluding ortho intramolecular Hbond substituents is 1. The zero-order valence-corrected chi connectivity index (χ0v) is 6.89. The molecule has 0 aliphatic carbocycles. The zero-order valence-electron chi connectivity index (χ0n) is 6.07. The van der Waals surface area contributed by atoms with Gasteiger partial charge < -0.3 is 5.11 Å². The highest BCUT2D eigenvalue weighted by Crippen LogP contribution is 2.21. The van der Waals surface area contributed by atoms with E-state index in [-0.39, 0.29) is 5.75 Å². The molecule has 0 unspecified atom stereocenters. The van der Waals surface area contributed by atoms with Gasteiger partial charge in [-0.2, -0.15) is 0 Å². The molecule has 0 amide bonds. The second kappa shape index (κ2) is 3.44. The van der Waals surface area contributed by atoms with Crippen molar-refractivity contribution >= 4 is 18.0 Å². The Morgan fingerprint density at radius 3 is 2.82 bits per heavy atom. The van der Waals surface area contributed by atoms with Gasteiger partial charge >= 0.3 is 0 Å². The summed E-state index contributed by atoms with van der Waals surface area (Å²) in [5, 5.41) is 9.09. The van der Waals surface area contributed by atoms with Gasteiger partial charge in [-0.1, -0.05) is 0 Å². The zero-order chi connectivity index (χ0) is 8.27. The van der Waals surface area contributed by atoms with E-state index in [1.165, 1.54) is 17.8 Å². The number of hydrogen-bond donors (Lipinski definition) is 1. The Morgan fingerprint density at radius 1 is 1.55 bits per heavy atom. The van der Waals surface area contributed by atoms with Crippen molar-refractivity contribution in [2.45, 2.75) is 4.90 Å². The normalized spacial score (nSPS) is 9.55. The standard InChI is InChI=1S/C8H8O2S/c1-11-7-2-3-8(10)6(4-7)5-9/h2-5,10H,1H3. The van der Waals surface area contributed by atoms with Crippen LogP contribution in [-0.4, -0.2) is 17.6 Å². The molecule has 1 N–H and O–H groups in total. The quantitative estimate of drug-likeness (QED) is 0.541. The van der Waals surface area contributed by atoms with E-state index in [1.54, 1.807) is 12.1 Å². The number of phenols is 1. The predicted molar refractivity (Wildman–Crippen MR) is 45.3 cm³/mol. The van der Waals surface area contributed by atoms with Crippen molar-refractivity contribution in [1.29, 1.82) is 0 Å². The van der Waals surface area contributed by atoms with Gasteiger partial charge in [0.1, 0.15) is 5.75 Å². The van der Waals surface area contributed by atoms with E-state index >= 15 is 0 Å². The molecule has 0 bridgehead atoms. The van der Waals surface area contributed by atoms with E-state index in [4.69, 9.17) is 5.11 Å². The number of rotatable bonds is 2. The summed E-state index contributed by atoms with van der Waals surface area (Å²) in [7, 11) is 0. The molecule has 0 saturated heterocycles. The van der Waals surface area contributed by atoms with E-state index < -0.39 is 0 Å². The Bertz CT molecular complexity index is 271. The molecule has 0 aliphatic rings. The van der Waals surface area contributed by atoms with Crippen LogP contribution in [0.4, 0.5) is 0 Å². The first-order valence-electron chi connectivity index (χ1n) is 3.10. The van der Waals surface area contributed by atoms with Gasteiger partial charge in [-0.05, 0) is 24.5 Å². The van der Waals surface area contributed by atoms with E-state index in [9.17, 15) is 4.79 Å². The fraction of sp³-hybridized carbons (Fsp3) is 0.125. The molecular formula is C8H8O2S. The third-order valence-electron chi connectivity index (χ3n) is 1.36. The van der Waals surface area contributed by atoms with Crippen molar-refractivity contribution in [3.05, 3.63) is 23.8 Å². The summed E-state index contributed by atoms with van der Waals surface area (Å²) in [5.74, 6) is 0.0396. The molecule has 0 atom stereocenters. The summed E-state index contributed by atoms with van der Waals surface area (Å²) in [6.07, 6.45) is 2.57. The van der Waals surface area contributed by atoms with Gasteiger partial charge in [-0.25, -0.2) is 0 Å².